The number of ether oxygens (including phenoxy) is 2. The molecule has 15 heavy (non-hydrogen) atoms. The minimum atomic E-state index is -0.209. The van der Waals surface area contributed by atoms with Crippen LogP contribution in [0, 0.1) is 5.92 Å². The van der Waals surface area contributed by atoms with Crippen molar-refractivity contribution < 1.29 is 14.3 Å². The molecule has 1 heterocycles. The molecule has 0 saturated carbocycles. The highest BCUT2D eigenvalue weighted by molar-refractivity contribution is 5.79. The molecule has 0 aromatic carbocycles. The van der Waals surface area contributed by atoms with Crippen LogP contribution >= 0.6 is 0 Å². The van der Waals surface area contributed by atoms with Crippen molar-refractivity contribution in [1.82, 2.24) is 5.32 Å². The maximum Gasteiger partial charge on any atom is 0.227 e. The van der Waals surface area contributed by atoms with Gasteiger partial charge >= 0.3 is 0 Å². The van der Waals surface area contributed by atoms with Gasteiger partial charge in [-0.15, -0.1) is 0 Å². The maximum atomic E-state index is 11.6. The van der Waals surface area contributed by atoms with Crippen LogP contribution in [0.4, 0.5) is 0 Å². The third kappa shape index (κ3) is 3.77. The third-order valence-electron chi connectivity index (χ3n) is 2.48. The van der Waals surface area contributed by atoms with Gasteiger partial charge in [-0.05, 0) is 13.8 Å². The summed E-state index contributed by atoms with van der Waals surface area (Å²) in [7, 11) is 0. The van der Waals surface area contributed by atoms with Crippen LogP contribution in [0.2, 0.25) is 0 Å². The molecule has 1 rings (SSSR count). The zero-order chi connectivity index (χ0) is 11.3. The molecule has 0 aliphatic carbocycles. The van der Waals surface area contributed by atoms with E-state index in [0.717, 1.165) is 0 Å². The summed E-state index contributed by atoms with van der Waals surface area (Å²) >= 11 is 0. The quantitative estimate of drug-likeness (QED) is 0.650. The van der Waals surface area contributed by atoms with E-state index in [9.17, 15) is 4.79 Å². The Balaban J connectivity index is 2.23. The van der Waals surface area contributed by atoms with E-state index in [1.165, 1.54) is 0 Å². The van der Waals surface area contributed by atoms with Gasteiger partial charge in [-0.1, -0.05) is 0 Å². The van der Waals surface area contributed by atoms with Crippen LogP contribution in [0.1, 0.15) is 13.8 Å². The second-order valence-corrected chi connectivity index (χ2v) is 3.82. The molecule has 1 aliphatic rings. The van der Waals surface area contributed by atoms with Crippen molar-refractivity contribution in [2.24, 2.45) is 11.7 Å². The predicted molar refractivity (Wildman–Crippen MR) is 56.4 cm³/mol. The summed E-state index contributed by atoms with van der Waals surface area (Å²) in [6, 6.07) is -0.174. The van der Waals surface area contributed by atoms with E-state index in [0.29, 0.717) is 26.4 Å². The van der Waals surface area contributed by atoms with Gasteiger partial charge in [0.15, 0.2) is 0 Å². The summed E-state index contributed by atoms with van der Waals surface area (Å²) in [5.74, 6) is -0.245. The van der Waals surface area contributed by atoms with E-state index in [2.05, 4.69) is 5.32 Å². The SMILES string of the molecule is CCOC(C)CNC(=O)C1COCC1N. The third-order valence-corrected chi connectivity index (χ3v) is 2.48. The van der Waals surface area contributed by atoms with Crippen LogP contribution < -0.4 is 11.1 Å². The lowest BCUT2D eigenvalue weighted by Crippen LogP contribution is -2.43. The number of rotatable bonds is 5. The van der Waals surface area contributed by atoms with E-state index in [1.54, 1.807) is 0 Å². The lowest BCUT2D eigenvalue weighted by atomic mass is 10.0. The van der Waals surface area contributed by atoms with Gasteiger partial charge in [0, 0.05) is 19.2 Å². The molecule has 3 N–H and O–H groups in total. The van der Waals surface area contributed by atoms with Crippen molar-refractivity contribution in [3.8, 4) is 0 Å². The van der Waals surface area contributed by atoms with E-state index < -0.39 is 0 Å². The highest BCUT2D eigenvalue weighted by atomic mass is 16.5. The second kappa shape index (κ2) is 6.05. The molecular weight excluding hydrogens is 196 g/mol. The molecule has 3 unspecified atom stereocenters. The van der Waals surface area contributed by atoms with E-state index in [-0.39, 0.29) is 24.0 Å². The largest absolute Gasteiger partial charge is 0.379 e. The maximum absolute atomic E-state index is 11.6. The van der Waals surface area contributed by atoms with Gasteiger partial charge in [0.2, 0.25) is 5.91 Å². The number of carbonyl (C=O) groups excluding carboxylic acids is 1. The Hall–Kier alpha value is -0.650. The average Bonchev–Trinajstić information content (AvgIpc) is 2.61. The van der Waals surface area contributed by atoms with E-state index in [1.807, 2.05) is 13.8 Å². The topological polar surface area (TPSA) is 73.6 Å². The number of nitrogens with one attached hydrogen (secondary N) is 1. The van der Waals surface area contributed by atoms with Crippen LogP contribution in [-0.4, -0.2) is 44.4 Å². The highest BCUT2D eigenvalue weighted by Crippen LogP contribution is 2.11. The Morgan fingerprint density at radius 3 is 2.93 bits per heavy atom. The molecule has 1 saturated heterocycles. The van der Waals surface area contributed by atoms with Gasteiger partial charge in [-0.3, -0.25) is 4.79 Å². The Bertz CT molecular complexity index is 211. The molecule has 0 spiro atoms. The lowest BCUT2D eigenvalue weighted by Gasteiger charge is -2.16. The van der Waals surface area contributed by atoms with Crippen LogP contribution in [0.25, 0.3) is 0 Å². The molecule has 1 fully saturated rings. The fraction of sp³-hybridized carbons (Fsp3) is 0.900. The van der Waals surface area contributed by atoms with Crippen molar-refractivity contribution in [1.29, 1.82) is 0 Å². The lowest BCUT2D eigenvalue weighted by molar-refractivity contribution is -0.125. The minimum absolute atomic E-state index is 0.0356. The van der Waals surface area contributed by atoms with E-state index >= 15 is 0 Å². The minimum Gasteiger partial charge on any atom is -0.379 e. The van der Waals surface area contributed by atoms with Gasteiger partial charge in [0.25, 0.3) is 0 Å². The van der Waals surface area contributed by atoms with Crippen molar-refractivity contribution in [3.05, 3.63) is 0 Å². The number of hydrogen-bond donors (Lipinski definition) is 2. The standard InChI is InChI=1S/C10H20N2O3/c1-3-15-7(2)4-12-10(13)8-5-14-6-9(8)11/h7-9H,3-6,11H2,1-2H3,(H,12,13). The summed E-state index contributed by atoms with van der Waals surface area (Å²) in [5.41, 5.74) is 5.73. The molecule has 5 heteroatoms. The molecule has 0 radical (unpaired) electrons. The van der Waals surface area contributed by atoms with Gasteiger partial charge in [-0.25, -0.2) is 0 Å². The fourth-order valence-corrected chi connectivity index (χ4v) is 1.56. The van der Waals surface area contributed by atoms with Crippen molar-refractivity contribution in [3.63, 3.8) is 0 Å². The fourth-order valence-electron chi connectivity index (χ4n) is 1.56. The number of carbonyl (C=O) groups is 1. The van der Waals surface area contributed by atoms with Gasteiger partial charge < -0.3 is 20.5 Å². The smallest absolute Gasteiger partial charge is 0.227 e. The first-order valence-electron chi connectivity index (χ1n) is 5.37. The van der Waals surface area contributed by atoms with Crippen molar-refractivity contribution >= 4 is 5.91 Å². The summed E-state index contributed by atoms with van der Waals surface area (Å²) in [4.78, 5) is 11.6. The monoisotopic (exact) mass is 216 g/mol. The Kier molecular flexibility index (Phi) is 5.01. The molecule has 88 valence electrons. The Labute approximate surface area is 90.3 Å². The second-order valence-electron chi connectivity index (χ2n) is 3.82. The first-order chi connectivity index (χ1) is 7.15. The van der Waals surface area contributed by atoms with Gasteiger partial charge in [-0.2, -0.15) is 0 Å². The molecule has 0 aromatic heterocycles. The molecular formula is C10H20N2O3. The zero-order valence-corrected chi connectivity index (χ0v) is 9.36. The van der Waals surface area contributed by atoms with Crippen molar-refractivity contribution in [2.75, 3.05) is 26.4 Å². The van der Waals surface area contributed by atoms with Crippen LogP contribution in [0.15, 0.2) is 0 Å². The first kappa shape index (κ1) is 12.4. The first-order valence-corrected chi connectivity index (χ1v) is 5.37. The Morgan fingerprint density at radius 2 is 2.40 bits per heavy atom. The van der Waals surface area contributed by atoms with Gasteiger partial charge in [0.05, 0.1) is 25.2 Å². The Morgan fingerprint density at radius 1 is 1.67 bits per heavy atom. The van der Waals surface area contributed by atoms with Crippen LogP contribution in [-0.2, 0) is 14.3 Å². The van der Waals surface area contributed by atoms with Crippen LogP contribution in [0.3, 0.4) is 0 Å². The summed E-state index contributed by atoms with van der Waals surface area (Å²) < 4.78 is 10.4. The summed E-state index contributed by atoms with van der Waals surface area (Å²) in [5, 5.41) is 2.82. The normalized spacial score (nSPS) is 27.7. The zero-order valence-electron chi connectivity index (χ0n) is 9.36. The van der Waals surface area contributed by atoms with Gasteiger partial charge in [0.1, 0.15) is 0 Å². The summed E-state index contributed by atoms with van der Waals surface area (Å²) in [6.07, 6.45) is 0.0393. The molecule has 1 aliphatic heterocycles. The number of hydrogen-bond acceptors (Lipinski definition) is 4. The number of nitrogens with two attached hydrogens (primary N) is 1. The molecule has 0 bridgehead atoms. The molecule has 1 amide bonds. The van der Waals surface area contributed by atoms with Crippen molar-refractivity contribution in [2.45, 2.75) is 26.0 Å². The predicted octanol–water partition coefficient (Wildman–Crippen LogP) is -0.499. The molecule has 3 atom stereocenters. The molecule has 0 aromatic rings. The van der Waals surface area contributed by atoms with E-state index in [4.69, 9.17) is 15.2 Å². The number of amides is 1. The average molecular weight is 216 g/mol. The highest BCUT2D eigenvalue weighted by Gasteiger charge is 2.31. The molecule has 5 nitrogen and oxygen atoms in total. The summed E-state index contributed by atoms with van der Waals surface area (Å²) in [6.45, 7) is 5.93. The van der Waals surface area contributed by atoms with Crippen LogP contribution in [0.5, 0.6) is 0 Å².